The van der Waals surface area contributed by atoms with Crippen LogP contribution in [-0.2, 0) is 22.6 Å². The number of rotatable bonds is 10. The van der Waals surface area contributed by atoms with Gasteiger partial charge in [0.15, 0.2) is 0 Å². The van der Waals surface area contributed by atoms with Crippen molar-refractivity contribution in [3.8, 4) is 17.1 Å². The Labute approximate surface area is 186 Å². The zero-order valence-corrected chi connectivity index (χ0v) is 18.0. The zero-order valence-electron chi connectivity index (χ0n) is 18.0. The first kappa shape index (κ1) is 21.5. The predicted molar refractivity (Wildman–Crippen MR) is 119 cm³/mol. The molecule has 1 fully saturated rings. The number of nitrogens with one attached hydrogen (secondary N) is 2. The normalized spacial score (nSPS) is 12.9. The van der Waals surface area contributed by atoms with E-state index in [-0.39, 0.29) is 24.2 Å². The van der Waals surface area contributed by atoms with Gasteiger partial charge in [-0.15, -0.1) is 0 Å². The molecule has 1 aliphatic rings. The van der Waals surface area contributed by atoms with Gasteiger partial charge in [-0.25, -0.2) is 0 Å². The van der Waals surface area contributed by atoms with E-state index in [9.17, 15) is 9.59 Å². The fourth-order valence-corrected chi connectivity index (χ4v) is 3.20. The van der Waals surface area contributed by atoms with Crippen LogP contribution in [0.1, 0.15) is 37.6 Å². The molecule has 3 aromatic rings. The molecule has 0 saturated heterocycles. The third-order valence-corrected chi connectivity index (χ3v) is 5.09. The van der Waals surface area contributed by atoms with Crippen molar-refractivity contribution in [3.05, 3.63) is 60.0 Å². The summed E-state index contributed by atoms with van der Waals surface area (Å²) >= 11 is 0. The quantitative estimate of drug-likeness (QED) is 0.504. The Morgan fingerprint density at radius 1 is 1.16 bits per heavy atom. The smallest absolute Gasteiger partial charge is 0.227 e. The predicted octanol–water partition coefficient (Wildman–Crippen LogP) is 3.73. The molecule has 0 aliphatic heterocycles. The van der Waals surface area contributed by atoms with Crippen molar-refractivity contribution in [1.29, 1.82) is 0 Å². The first-order chi connectivity index (χ1) is 15.6. The van der Waals surface area contributed by atoms with E-state index in [1.54, 1.807) is 0 Å². The molecule has 0 unspecified atom stereocenters. The minimum Gasteiger partial charge on any atom is -0.494 e. The molecule has 166 valence electrons. The highest BCUT2D eigenvalue weighted by molar-refractivity contribution is 5.94. The highest BCUT2D eigenvalue weighted by atomic mass is 16.5. The van der Waals surface area contributed by atoms with Crippen LogP contribution in [-0.4, -0.2) is 28.6 Å². The van der Waals surface area contributed by atoms with E-state index < -0.39 is 0 Å². The summed E-state index contributed by atoms with van der Waals surface area (Å²) in [5.41, 5.74) is 2.49. The van der Waals surface area contributed by atoms with Crippen molar-refractivity contribution >= 4 is 17.5 Å². The summed E-state index contributed by atoms with van der Waals surface area (Å²) in [6.45, 7) is 2.92. The molecule has 2 amide bonds. The van der Waals surface area contributed by atoms with E-state index in [2.05, 4.69) is 20.8 Å². The second-order valence-corrected chi connectivity index (χ2v) is 7.71. The van der Waals surface area contributed by atoms with Crippen LogP contribution in [0.3, 0.4) is 0 Å². The third kappa shape index (κ3) is 5.94. The number of amides is 2. The van der Waals surface area contributed by atoms with Gasteiger partial charge in [-0.1, -0.05) is 17.3 Å². The van der Waals surface area contributed by atoms with Crippen LogP contribution >= 0.6 is 0 Å². The fraction of sp³-hybridized carbons (Fsp3) is 0.333. The maximum absolute atomic E-state index is 12.2. The first-order valence-corrected chi connectivity index (χ1v) is 10.8. The second kappa shape index (κ2) is 10.1. The van der Waals surface area contributed by atoms with Crippen molar-refractivity contribution in [3.63, 3.8) is 0 Å². The van der Waals surface area contributed by atoms with Crippen molar-refractivity contribution in [2.45, 2.75) is 39.2 Å². The molecule has 0 atom stereocenters. The van der Waals surface area contributed by atoms with Gasteiger partial charge in [0, 0.05) is 36.6 Å². The van der Waals surface area contributed by atoms with Gasteiger partial charge < -0.3 is 19.9 Å². The highest BCUT2D eigenvalue weighted by Gasteiger charge is 2.29. The van der Waals surface area contributed by atoms with Crippen LogP contribution in [0.5, 0.6) is 5.75 Å². The summed E-state index contributed by atoms with van der Waals surface area (Å²) in [5, 5.41) is 9.79. The van der Waals surface area contributed by atoms with Crippen LogP contribution in [0, 0.1) is 5.92 Å². The molecule has 0 radical (unpaired) electrons. The number of nitrogens with zero attached hydrogens (tertiary/aromatic N) is 2. The maximum atomic E-state index is 12.2. The van der Waals surface area contributed by atoms with Crippen LogP contribution in [0.2, 0.25) is 0 Å². The molecule has 8 nitrogen and oxygen atoms in total. The van der Waals surface area contributed by atoms with Crippen LogP contribution in [0.4, 0.5) is 5.69 Å². The van der Waals surface area contributed by atoms with Crippen LogP contribution < -0.4 is 15.4 Å². The molecular weight excluding hydrogens is 408 g/mol. The average Bonchev–Trinajstić information content (AvgIpc) is 3.56. The molecule has 1 aromatic heterocycles. The number of ether oxygens (including phenoxy) is 1. The topological polar surface area (TPSA) is 106 Å². The number of aryl methyl sites for hydroxylation is 1. The number of aromatic nitrogens is 2. The van der Waals surface area contributed by atoms with Crippen molar-refractivity contribution in [2.24, 2.45) is 5.92 Å². The van der Waals surface area contributed by atoms with Gasteiger partial charge in [-0.2, -0.15) is 4.98 Å². The maximum Gasteiger partial charge on any atom is 0.227 e. The number of carbonyl (C=O) groups is 2. The van der Waals surface area contributed by atoms with E-state index in [1.807, 2.05) is 55.5 Å². The molecule has 0 bridgehead atoms. The minimum absolute atomic E-state index is 0.0651. The molecule has 2 N–H and O–H groups in total. The average molecular weight is 434 g/mol. The van der Waals surface area contributed by atoms with Gasteiger partial charge in [-0.3, -0.25) is 9.59 Å². The summed E-state index contributed by atoms with van der Waals surface area (Å²) in [7, 11) is 0. The van der Waals surface area contributed by atoms with Gasteiger partial charge in [0.25, 0.3) is 0 Å². The lowest BCUT2D eigenvalue weighted by Crippen LogP contribution is -2.23. The fourth-order valence-electron chi connectivity index (χ4n) is 3.20. The molecule has 32 heavy (non-hydrogen) atoms. The number of anilines is 1. The monoisotopic (exact) mass is 434 g/mol. The summed E-state index contributed by atoms with van der Waals surface area (Å²) < 4.78 is 10.7. The molecular formula is C24H26N4O4. The first-order valence-electron chi connectivity index (χ1n) is 10.8. The Kier molecular flexibility index (Phi) is 6.79. The van der Waals surface area contributed by atoms with Crippen LogP contribution in [0.15, 0.2) is 53.1 Å². The second-order valence-electron chi connectivity index (χ2n) is 7.71. The SMILES string of the molecule is CCOc1ccc(-c2noc(CCC(=O)NCc3cccc(NC(=O)C4CC4)c3)n2)cc1. The lowest BCUT2D eigenvalue weighted by Gasteiger charge is -2.08. The Morgan fingerprint density at radius 3 is 2.72 bits per heavy atom. The Balaban J connectivity index is 1.23. The van der Waals surface area contributed by atoms with Gasteiger partial charge in [0.05, 0.1) is 6.61 Å². The Morgan fingerprint density at radius 2 is 1.97 bits per heavy atom. The van der Waals surface area contributed by atoms with E-state index in [1.165, 1.54) is 0 Å². The molecule has 8 heteroatoms. The van der Waals surface area contributed by atoms with Crippen molar-refractivity contribution < 1.29 is 18.8 Å². The number of hydrogen-bond donors (Lipinski definition) is 2. The summed E-state index contributed by atoms with van der Waals surface area (Å²) in [5.74, 6) is 1.78. The lowest BCUT2D eigenvalue weighted by atomic mass is 10.2. The van der Waals surface area contributed by atoms with E-state index in [0.29, 0.717) is 31.3 Å². The molecule has 2 aromatic carbocycles. The minimum atomic E-state index is -0.113. The van der Waals surface area contributed by atoms with Gasteiger partial charge in [-0.05, 0) is 61.7 Å². The largest absolute Gasteiger partial charge is 0.494 e. The third-order valence-electron chi connectivity index (χ3n) is 5.09. The van der Waals surface area contributed by atoms with Gasteiger partial charge in [0.1, 0.15) is 5.75 Å². The van der Waals surface area contributed by atoms with Crippen molar-refractivity contribution in [2.75, 3.05) is 11.9 Å². The van der Waals surface area contributed by atoms with Gasteiger partial charge >= 0.3 is 0 Å². The number of carbonyl (C=O) groups excluding carboxylic acids is 2. The number of benzene rings is 2. The van der Waals surface area contributed by atoms with Crippen molar-refractivity contribution in [1.82, 2.24) is 15.5 Å². The van der Waals surface area contributed by atoms with E-state index >= 15 is 0 Å². The zero-order chi connectivity index (χ0) is 22.3. The van der Waals surface area contributed by atoms with E-state index in [0.717, 1.165) is 35.4 Å². The summed E-state index contributed by atoms with van der Waals surface area (Å²) in [6, 6.07) is 15.0. The molecule has 1 aliphatic carbocycles. The number of hydrogen-bond acceptors (Lipinski definition) is 6. The summed E-state index contributed by atoms with van der Waals surface area (Å²) in [4.78, 5) is 28.5. The molecule has 1 saturated carbocycles. The molecule has 1 heterocycles. The Hall–Kier alpha value is -3.68. The van der Waals surface area contributed by atoms with Gasteiger partial charge in [0.2, 0.25) is 23.5 Å². The molecule has 4 rings (SSSR count). The Bertz CT molecular complexity index is 1070. The standard InChI is InChI=1S/C24H26N4O4/c1-2-31-20-10-8-17(9-11-20)23-27-22(32-28-23)13-12-21(29)25-15-16-4-3-5-19(14-16)26-24(30)18-6-7-18/h3-5,8-11,14,18H,2,6-7,12-13,15H2,1H3,(H,25,29)(H,26,30). The lowest BCUT2D eigenvalue weighted by molar-refractivity contribution is -0.121. The summed E-state index contributed by atoms with van der Waals surface area (Å²) in [6.07, 6.45) is 2.52. The van der Waals surface area contributed by atoms with E-state index in [4.69, 9.17) is 9.26 Å². The molecule has 0 spiro atoms. The van der Waals surface area contributed by atoms with Crippen LogP contribution in [0.25, 0.3) is 11.4 Å². The highest BCUT2D eigenvalue weighted by Crippen LogP contribution is 2.30.